The maximum atomic E-state index is 14.0. The zero-order valence-corrected chi connectivity index (χ0v) is 16.3. The van der Waals surface area contributed by atoms with Gasteiger partial charge in [-0.15, -0.1) is 0 Å². The van der Waals surface area contributed by atoms with E-state index >= 15 is 0 Å². The van der Waals surface area contributed by atoms with E-state index in [1.807, 2.05) is 0 Å². The van der Waals surface area contributed by atoms with Crippen molar-refractivity contribution in [3.63, 3.8) is 0 Å². The van der Waals surface area contributed by atoms with E-state index in [0.717, 1.165) is 0 Å². The molecule has 0 aliphatic carbocycles. The summed E-state index contributed by atoms with van der Waals surface area (Å²) >= 11 is 5.65. The van der Waals surface area contributed by atoms with Gasteiger partial charge in [0.2, 0.25) is 5.91 Å². The van der Waals surface area contributed by atoms with Gasteiger partial charge in [-0.1, -0.05) is 41.9 Å². The number of anilines is 1. The van der Waals surface area contributed by atoms with Crippen LogP contribution in [0.2, 0.25) is 5.02 Å². The van der Waals surface area contributed by atoms with Crippen LogP contribution in [-0.2, 0) is 26.9 Å². The minimum atomic E-state index is -5.50. The molecule has 0 aliphatic rings. The van der Waals surface area contributed by atoms with Crippen LogP contribution in [0.4, 0.5) is 32.2 Å². The fourth-order valence-electron chi connectivity index (χ4n) is 2.44. The summed E-state index contributed by atoms with van der Waals surface area (Å²) in [5.41, 5.74) is -4.86. The minimum absolute atomic E-state index is 0.221. The number of benzene rings is 1. The number of nitrogens with zero attached hydrogens (tertiary/aromatic N) is 1. The Kier molecular flexibility index (Phi) is 7.04. The number of carbonyl (C=O) groups is 2. The number of hydrogen-bond acceptors (Lipinski definition) is 5. The van der Waals surface area contributed by atoms with Gasteiger partial charge in [-0.3, -0.25) is 4.79 Å². The second-order valence-electron chi connectivity index (χ2n) is 6.13. The molecule has 1 atom stereocenters. The molecular formula is C18H14ClF6N3O3. The number of pyridine rings is 1. The van der Waals surface area contributed by atoms with E-state index in [2.05, 4.69) is 9.72 Å². The number of hydrogen-bond donors (Lipinski definition) is 2. The predicted molar refractivity (Wildman–Crippen MR) is 97.0 cm³/mol. The summed E-state index contributed by atoms with van der Waals surface area (Å²) in [7, 11) is 0.635. The van der Waals surface area contributed by atoms with Crippen molar-refractivity contribution in [2.75, 3.05) is 12.4 Å². The van der Waals surface area contributed by atoms with Gasteiger partial charge in [0.25, 0.3) is 0 Å². The first-order valence-corrected chi connectivity index (χ1v) is 8.69. The highest BCUT2D eigenvalue weighted by molar-refractivity contribution is 6.33. The minimum Gasteiger partial charge on any atom is -0.466 e. The van der Waals surface area contributed by atoms with Crippen LogP contribution in [-0.4, -0.2) is 35.8 Å². The van der Waals surface area contributed by atoms with E-state index in [-0.39, 0.29) is 6.20 Å². The van der Waals surface area contributed by atoms with E-state index in [9.17, 15) is 35.9 Å². The monoisotopic (exact) mass is 469 g/mol. The Morgan fingerprint density at radius 3 is 2.19 bits per heavy atom. The average Bonchev–Trinajstić information content (AvgIpc) is 2.67. The Morgan fingerprint density at radius 2 is 1.71 bits per heavy atom. The standard InChI is InChI=1S/C18H14ClF6N3O3/c1-31-15(30)16(18(23,24)25,27-13(29)7-10-5-3-2-4-6-10)28-14-12(19)8-11(9-26-14)17(20,21)22/h2-6,8-9H,7H2,1H3,(H,26,28)(H,27,29). The highest BCUT2D eigenvalue weighted by Crippen LogP contribution is 2.37. The number of carbonyl (C=O) groups excluding carboxylic acids is 2. The molecule has 13 heteroatoms. The van der Waals surface area contributed by atoms with Crippen molar-refractivity contribution in [3.8, 4) is 0 Å². The fraction of sp³-hybridized carbons (Fsp3) is 0.278. The number of alkyl halides is 6. The molecule has 6 nitrogen and oxygen atoms in total. The van der Waals surface area contributed by atoms with Gasteiger partial charge >= 0.3 is 24.0 Å². The summed E-state index contributed by atoms with van der Waals surface area (Å²) in [5.74, 6) is -4.15. The highest BCUT2D eigenvalue weighted by Gasteiger charge is 2.63. The third-order valence-electron chi connectivity index (χ3n) is 3.93. The number of methoxy groups -OCH3 is 1. The number of amides is 1. The molecule has 0 spiro atoms. The lowest BCUT2D eigenvalue weighted by atomic mass is 10.1. The second kappa shape index (κ2) is 9.00. The second-order valence-corrected chi connectivity index (χ2v) is 6.53. The van der Waals surface area contributed by atoms with Crippen molar-refractivity contribution in [3.05, 3.63) is 58.7 Å². The van der Waals surface area contributed by atoms with Crippen LogP contribution < -0.4 is 10.6 Å². The molecule has 0 fully saturated rings. The summed E-state index contributed by atoms with van der Waals surface area (Å²) in [6, 6.07) is 7.97. The first kappa shape index (κ1) is 24.3. The van der Waals surface area contributed by atoms with Crippen LogP contribution >= 0.6 is 11.6 Å². The molecule has 0 saturated carbocycles. The number of aromatic nitrogens is 1. The van der Waals surface area contributed by atoms with Crippen molar-refractivity contribution in [2.24, 2.45) is 0 Å². The SMILES string of the molecule is COC(=O)C(NC(=O)Cc1ccccc1)(Nc1ncc(C(F)(F)F)cc1Cl)C(F)(F)F. The van der Waals surface area contributed by atoms with Gasteiger partial charge in [0.05, 0.1) is 24.1 Å². The average molecular weight is 470 g/mol. The van der Waals surface area contributed by atoms with E-state index in [1.54, 1.807) is 23.5 Å². The molecule has 1 aromatic heterocycles. The Bertz CT molecular complexity index is 953. The highest BCUT2D eigenvalue weighted by atomic mass is 35.5. The van der Waals surface area contributed by atoms with Gasteiger partial charge in [-0.2, -0.15) is 26.3 Å². The van der Waals surface area contributed by atoms with Crippen LogP contribution in [0.1, 0.15) is 11.1 Å². The number of halogens is 7. The third-order valence-corrected chi connectivity index (χ3v) is 4.21. The van der Waals surface area contributed by atoms with E-state index in [4.69, 9.17) is 11.6 Å². The molecule has 31 heavy (non-hydrogen) atoms. The molecular weight excluding hydrogens is 456 g/mol. The lowest BCUT2D eigenvalue weighted by Gasteiger charge is -2.34. The molecule has 168 valence electrons. The smallest absolute Gasteiger partial charge is 0.441 e. The summed E-state index contributed by atoms with van der Waals surface area (Å²) < 4.78 is 84.4. The Hall–Kier alpha value is -3.02. The lowest BCUT2D eigenvalue weighted by molar-refractivity contribution is -0.206. The van der Waals surface area contributed by atoms with Crippen molar-refractivity contribution in [2.45, 2.75) is 24.4 Å². The van der Waals surface area contributed by atoms with Crippen LogP contribution in [0.3, 0.4) is 0 Å². The van der Waals surface area contributed by atoms with Crippen LogP contribution in [0.15, 0.2) is 42.6 Å². The molecule has 0 aliphatic heterocycles. The van der Waals surface area contributed by atoms with Crippen LogP contribution in [0.25, 0.3) is 0 Å². The Morgan fingerprint density at radius 1 is 1.10 bits per heavy atom. The van der Waals surface area contributed by atoms with Crippen molar-refractivity contribution >= 4 is 29.3 Å². The summed E-state index contributed by atoms with van der Waals surface area (Å²) in [4.78, 5) is 27.7. The van der Waals surface area contributed by atoms with Gasteiger partial charge in [0, 0.05) is 6.20 Å². The van der Waals surface area contributed by atoms with E-state index < -0.39 is 52.7 Å². The van der Waals surface area contributed by atoms with Gasteiger partial charge in [0.15, 0.2) is 0 Å². The predicted octanol–water partition coefficient (Wildman–Crippen LogP) is 3.96. The molecule has 1 amide bonds. The first-order valence-electron chi connectivity index (χ1n) is 8.31. The molecule has 0 saturated heterocycles. The molecule has 2 N–H and O–H groups in total. The molecule has 2 rings (SSSR count). The normalized spacial score (nSPS) is 13.8. The Balaban J connectivity index is 2.45. The van der Waals surface area contributed by atoms with E-state index in [1.165, 1.54) is 17.4 Å². The van der Waals surface area contributed by atoms with Gasteiger partial charge in [-0.25, -0.2) is 9.78 Å². The lowest BCUT2D eigenvalue weighted by Crippen LogP contribution is -2.69. The van der Waals surface area contributed by atoms with Crippen LogP contribution in [0.5, 0.6) is 0 Å². The number of ether oxygens (including phenoxy) is 1. The maximum Gasteiger partial charge on any atom is 0.441 e. The van der Waals surface area contributed by atoms with Gasteiger partial charge in [0.1, 0.15) is 5.82 Å². The largest absolute Gasteiger partial charge is 0.466 e. The topological polar surface area (TPSA) is 80.3 Å². The van der Waals surface area contributed by atoms with Gasteiger partial charge < -0.3 is 15.4 Å². The third kappa shape index (κ3) is 5.57. The quantitative estimate of drug-likeness (QED) is 0.380. The van der Waals surface area contributed by atoms with Crippen molar-refractivity contribution < 1.29 is 40.7 Å². The van der Waals surface area contributed by atoms with E-state index in [0.29, 0.717) is 18.7 Å². The number of rotatable bonds is 6. The van der Waals surface area contributed by atoms with Gasteiger partial charge in [-0.05, 0) is 11.6 Å². The molecule has 2 aromatic rings. The molecule has 0 radical (unpaired) electrons. The molecule has 1 aromatic carbocycles. The summed E-state index contributed by atoms with van der Waals surface area (Å²) in [6.07, 6.45) is -10.7. The summed E-state index contributed by atoms with van der Waals surface area (Å²) in [6.45, 7) is 0. The molecule has 1 unspecified atom stereocenters. The maximum absolute atomic E-state index is 14.0. The Labute approximate surface area is 176 Å². The molecule has 0 bridgehead atoms. The first-order chi connectivity index (χ1) is 14.3. The molecule has 1 heterocycles. The zero-order valence-electron chi connectivity index (χ0n) is 15.6. The van der Waals surface area contributed by atoms with Crippen molar-refractivity contribution in [1.82, 2.24) is 10.3 Å². The summed E-state index contributed by atoms with van der Waals surface area (Å²) in [5, 5.41) is 2.25. The van der Waals surface area contributed by atoms with Crippen molar-refractivity contribution in [1.29, 1.82) is 0 Å². The fourth-order valence-corrected chi connectivity index (χ4v) is 2.65. The number of esters is 1. The zero-order chi connectivity index (χ0) is 23.4. The number of nitrogens with one attached hydrogen (secondary N) is 2. The van der Waals surface area contributed by atoms with Crippen LogP contribution in [0, 0.1) is 0 Å².